The molecule has 3 heterocycles. The first-order chi connectivity index (χ1) is 12.8. The molecule has 2 fully saturated rings. The van der Waals surface area contributed by atoms with Crippen molar-refractivity contribution in [3.8, 4) is 0 Å². The number of hydrogen-bond acceptors (Lipinski definition) is 5. The number of H-pyrrole nitrogens is 1. The molecule has 0 amide bonds. The second kappa shape index (κ2) is 6.56. The standard InChI is InChI=1S/C20H28N6/c1-13-8-10-26(11-9-13)20-21-16-5-3-2-4-15(16)19(23-20)22-18-12-17(24-25-18)14-6-7-14/h12-14H,2-11H2,1H3,(H2,21,22,23,24,25). The molecule has 0 bridgehead atoms. The molecule has 0 aromatic carbocycles. The number of anilines is 3. The maximum absolute atomic E-state index is 4.95. The molecule has 138 valence electrons. The molecule has 6 heteroatoms. The van der Waals surface area contributed by atoms with Crippen molar-refractivity contribution in [2.24, 2.45) is 5.92 Å². The molecule has 26 heavy (non-hydrogen) atoms. The highest BCUT2D eigenvalue weighted by Crippen LogP contribution is 2.40. The van der Waals surface area contributed by atoms with Crippen molar-refractivity contribution in [1.82, 2.24) is 20.2 Å². The SMILES string of the molecule is CC1CCN(c2nc3c(c(Nc4cc(C5CC5)[nH]n4)n2)CCCC3)CC1. The van der Waals surface area contributed by atoms with Crippen LogP contribution in [0.5, 0.6) is 0 Å². The third-order valence-electron chi connectivity index (χ3n) is 6.10. The number of aryl methyl sites for hydroxylation is 1. The van der Waals surface area contributed by atoms with Gasteiger partial charge in [-0.1, -0.05) is 6.92 Å². The smallest absolute Gasteiger partial charge is 0.227 e. The van der Waals surface area contributed by atoms with Crippen LogP contribution in [0.4, 0.5) is 17.6 Å². The predicted molar refractivity (Wildman–Crippen MR) is 103 cm³/mol. The second-order valence-corrected chi connectivity index (χ2v) is 8.28. The Morgan fingerprint density at radius 1 is 1.08 bits per heavy atom. The topological polar surface area (TPSA) is 69.7 Å². The first kappa shape index (κ1) is 16.1. The van der Waals surface area contributed by atoms with Gasteiger partial charge < -0.3 is 10.2 Å². The summed E-state index contributed by atoms with van der Waals surface area (Å²) in [5.41, 5.74) is 3.78. The van der Waals surface area contributed by atoms with Crippen molar-refractivity contribution in [3.63, 3.8) is 0 Å². The molecular formula is C20H28N6. The number of piperidine rings is 1. The molecule has 5 rings (SSSR count). The Bertz CT molecular complexity index is 786. The summed E-state index contributed by atoms with van der Waals surface area (Å²) in [4.78, 5) is 12.3. The van der Waals surface area contributed by atoms with E-state index in [9.17, 15) is 0 Å². The van der Waals surface area contributed by atoms with Crippen LogP contribution >= 0.6 is 0 Å². The molecule has 2 aromatic heterocycles. The molecule has 1 saturated heterocycles. The summed E-state index contributed by atoms with van der Waals surface area (Å²) in [6, 6.07) is 2.15. The minimum Gasteiger partial charge on any atom is -0.341 e. The molecule has 0 spiro atoms. The highest BCUT2D eigenvalue weighted by atomic mass is 15.3. The zero-order chi connectivity index (χ0) is 17.5. The van der Waals surface area contributed by atoms with Crippen LogP contribution in [-0.4, -0.2) is 33.3 Å². The van der Waals surface area contributed by atoms with E-state index in [-0.39, 0.29) is 0 Å². The summed E-state index contributed by atoms with van der Waals surface area (Å²) >= 11 is 0. The second-order valence-electron chi connectivity index (χ2n) is 8.28. The molecule has 2 N–H and O–H groups in total. The minimum atomic E-state index is 0.684. The summed E-state index contributed by atoms with van der Waals surface area (Å²) < 4.78 is 0. The Balaban J connectivity index is 1.44. The van der Waals surface area contributed by atoms with Crippen LogP contribution in [0, 0.1) is 5.92 Å². The predicted octanol–water partition coefficient (Wildman–Crippen LogP) is 3.94. The number of aromatic amines is 1. The molecule has 1 aliphatic heterocycles. The van der Waals surface area contributed by atoms with Gasteiger partial charge in [-0.3, -0.25) is 5.10 Å². The molecule has 0 atom stereocenters. The lowest BCUT2D eigenvalue weighted by molar-refractivity contribution is 0.434. The Hall–Kier alpha value is -2.11. The van der Waals surface area contributed by atoms with E-state index in [2.05, 4.69) is 33.4 Å². The lowest BCUT2D eigenvalue weighted by Crippen LogP contribution is -2.34. The van der Waals surface area contributed by atoms with Crippen LogP contribution in [0.15, 0.2) is 6.07 Å². The number of nitrogens with zero attached hydrogens (tertiary/aromatic N) is 4. The zero-order valence-electron chi connectivity index (χ0n) is 15.6. The number of hydrogen-bond donors (Lipinski definition) is 2. The fraction of sp³-hybridized carbons (Fsp3) is 0.650. The molecule has 0 unspecified atom stereocenters. The first-order valence-corrected chi connectivity index (χ1v) is 10.2. The number of fused-ring (bicyclic) bond motifs is 1. The van der Waals surface area contributed by atoms with Gasteiger partial charge in [0.15, 0.2) is 5.82 Å². The van der Waals surface area contributed by atoms with Crippen LogP contribution < -0.4 is 10.2 Å². The maximum atomic E-state index is 4.95. The van der Waals surface area contributed by atoms with Gasteiger partial charge in [-0.05, 0) is 57.3 Å². The molecule has 6 nitrogen and oxygen atoms in total. The van der Waals surface area contributed by atoms with Crippen molar-refractivity contribution in [3.05, 3.63) is 23.0 Å². The van der Waals surface area contributed by atoms with E-state index in [1.165, 1.54) is 55.5 Å². The largest absolute Gasteiger partial charge is 0.341 e. The monoisotopic (exact) mass is 352 g/mol. The maximum Gasteiger partial charge on any atom is 0.227 e. The average Bonchev–Trinajstić information content (AvgIpc) is 3.42. The van der Waals surface area contributed by atoms with Crippen molar-refractivity contribution in [1.29, 1.82) is 0 Å². The van der Waals surface area contributed by atoms with E-state index in [1.807, 2.05) is 0 Å². The highest BCUT2D eigenvalue weighted by Gasteiger charge is 2.26. The van der Waals surface area contributed by atoms with Gasteiger partial charge in [-0.2, -0.15) is 10.1 Å². The Labute approximate surface area is 154 Å². The molecular weight excluding hydrogens is 324 g/mol. The van der Waals surface area contributed by atoms with Crippen LogP contribution in [0.1, 0.15) is 68.3 Å². The van der Waals surface area contributed by atoms with Gasteiger partial charge in [0, 0.05) is 36.3 Å². The lowest BCUT2D eigenvalue weighted by atomic mass is 9.96. The minimum absolute atomic E-state index is 0.684. The summed E-state index contributed by atoms with van der Waals surface area (Å²) in [5.74, 6) is 4.25. The van der Waals surface area contributed by atoms with Crippen molar-refractivity contribution >= 4 is 17.6 Å². The molecule has 0 radical (unpaired) electrons. The van der Waals surface area contributed by atoms with Crippen molar-refractivity contribution in [2.75, 3.05) is 23.3 Å². The van der Waals surface area contributed by atoms with Crippen LogP contribution in [-0.2, 0) is 12.8 Å². The third-order valence-corrected chi connectivity index (χ3v) is 6.10. The third kappa shape index (κ3) is 3.17. The highest BCUT2D eigenvalue weighted by molar-refractivity contribution is 5.60. The number of rotatable bonds is 4. The summed E-state index contributed by atoms with van der Waals surface area (Å²) in [7, 11) is 0. The van der Waals surface area contributed by atoms with Gasteiger partial charge in [-0.15, -0.1) is 0 Å². The summed E-state index contributed by atoms with van der Waals surface area (Å²) in [5, 5.41) is 11.2. The van der Waals surface area contributed by atoms with Gasteiger partial charge in [0.25, 0.3) is 0 Å². The van der Waals surface area contributed by atoms with Crippen molar-refractivity contribution < 1.29 is 0 Å². The van der Waals surface area contributed by atoms with E-state index in [1.54, 1.807) is 0 Å². The fourth-order valence-electron chi connectivity index (χ4n) is 4.16. The van der Waals surface area contributed by atoms with E-state index in [4.69, 9.17) is 9.97 Å². The number of nitrogens with one attached hydrogen (secondary N) is 2. The lowest BCUT2D eigenvalue weighted by Gasteiger charge is -2.31. The van der Waals surface area contributed by atoms with Crippen LogP contribution in [0.25, 0.3) is 0 Å². The zero-order valence-corrected chi connectivity index (χ0v) is 15.6. The summed E-state index contributed by atoms with van der Waals surface area (Å²) in [6.07, 6.45) is 9.60. The Kier molecular flexibility index (Phi) is 4.06. The van der Waals surface area contributed by atoms with Gasteiger partial charge in [0.05, 0.1) is 5.69 Å². The van der Waals surface area contributed by atoms with Crippen LogP contribution in [0.2, 0.25) is 0 Å². The fourth-order valence-corrected chi connectivity index (χ4v) is 4.16. The summed E-state index contributed by atoms with van der Waals surface area (Å²) in [6.45, 7) is 4.47. The molecule has 3 aliphatic rings. The van der Waals surface area contributed by atoms with E-state index < -0.39 is 0 Å². The first-order valence-electron chi connectivity index (χ1n) is 10.2. The number of aromatic nitrogens is 4. The van der Waals surface area contributed by atoms with Crippen molar-refractivity contribution in [2.45, 2.75) is 64.2 Å². The Morgan fingerprint density at radius 2 is 1.88 bits per heavy atom. The normalized spacial score (nSPS) is 20.9. The van der Waals surface area contributed by atoms with E-state index in [0.717, 1.165) is 49.4 Å². The van der Waals surface area contributed by atoms with Gasteiger partial charge >= 0.3 is 0 Å². The van der Waals surface area contributed by atoms with E-state index in [0.29, 0.717) is 5.92 Å². The van der Waals surface area contributed by atoms with Gasteiger partial charge in [0.2, 0.25) is 5.95 Å². The molecule has 1 saturated carbocycles. The van der Waals surface area contributed by atoms with Gasteiger partial charge in [-0.25, -0.2) is 4.98 Å². The van der Waals surface area contributed by atoms with Gasteiger partial charge in [0.1, 0.15) is 5.82 Å². The van der Waals surface area contributed by atoms with Crippen LogP contribution in [0.3, 0.4) is 0 Å². The quantitative estimate of drug-likeness (QED) is 0.872. The molecule has 2 aliphatic carbocycles. The van der Waals surface area contributed by atoms with E-state index >= 15 is 0 Å². The average molecular weight is 352 g/mol. The Morgan fingerprint density at radius 3 is 2.69 bits per heavy atom. The molecule has 2 aromatic rings.